The summed E-state index contributed by atoms with van der Waals surface area (Å²) in [4.78, 5) is 4.56. The zero-order valence-corrected chi connectivity index (χ0v) is 16.3. The molecule has 0 saturated heterocycles. The summed E-state index contributed by atoms with van der Waals surface area (Å²) in [5.41, 5.74) is 1.69. The van der Waals surface area contributed by atoms with Crippen LogP contribution in [-0.2, 0) is 25.6 Å². The monoisotopic (exact) mass is 407 g/mol. The molecule has 0 aromatic heterocycles. The number of aryl methyl sites for hydroxylation is 1. The molecule has 6 heteroatoms. The molecule has 1 aliphatic rings. The van der Waals surface area contributed by atoms with Crippen LogP contribution in [0.1, 0.15) is 37.3 Å². The van der Waals surface area contributed by atoms with E-state index < -0.39 is 20.8 Å². The van der Waals surface area contributed by atoms with Crippen molar-refractivity contribution in [1.29, 1.82) is 0 Å². The Balaban J connectivity index is 0.000000677. The predicted octanol–water partition coefficient (Wildman–Crippen LogP) is 4.45. The second-order valence-corrected chi connectivity index (χ2v) is 8.64. The van der Waals surface area contributed by atoms with E-state index in [2.05, 4.69) is 4.99 Å². The van der Waals surface area contributed by atoms with Crippen LogP contribution in [0.3, 0.4) is 0 Å². The Morgan fingerprint density at radius 2 is 2.14 bits per heavy atom. The van der Waals surface area contributed by atoms with Gasteiger partial charge in [0, 0.05) is 18.4 Å². The van der Waals surface area contributed by atoms with Crippen LogP contribution < -0.4 is 0 Å². The second-order valence-electron chi connectivity index (χ2n) is 4.91. The van der Waals surface area contributed by atoms with Gasteiger partial charge >= 0.3 is 37.9 Å². The van der Waals surface area contributed by atoms with Crippen LogP contribution in [-0.4, -0.2) is 30.1 Å². The second kappa shape index (κ2) is 10.8. The number of aromatic hydroxyl groups is 1. The first-order valence-electron chi connectivity index (χ1n) is 7.02. The van der Waals surface area contributed by atoms with Crippen molar-refractivity contribution in [2.45, 2.75) is 45.3 Å². The average molecular weight is 409 g/mol. The number of para-hydroxylation sites is 1. The van der Waals surface area contributed by atoms with E-state index in [1.165, 1.54) is 0 Å². The molecule has 0 spiro atoms. The summed E-state index contributed by atoms with van der Waals surface area (Å²) in [5.74, 6) is 0.334. The fourth-order valence-electron chi connectivity index (χ4n) is 2.41. The van der Waals surface area contributed by atoms with E-state index in [9.17, 15) is 5.11 Å². The molecule has 116 valence electrons. The molecule has 3 nitrogen and oxygen atoms in total. The standard InChI is InChI=1S/C15H21NO2.2ClH.Zr/c1-3-18-14-8-7-13(9-14)16-10-12-6-4-5-11(2)15(12)17;;;/h4-6,10,13-14,17H,3,7-9H2,1-2H3;2*1H;/q;;;+2/p-2. The molecule has 1 aromatic rings. The summed E-state index contributed by atoms with van der Waals surface area (Å²) < 4.78 is 5.60. The van der Waals surface area contributed by atoms with Crippen molar-refractivity contribution in [1.82, 2.24) is 0 Å². The number of benzene rings is 1. The van der Waals surface area contributed by atoms with Gasteiger partial charge in [-0.15, -0.1) is 0 Å². The van der Waals surface area contributed by atoms with Gasteiger partial charge in [0.2, 0.25) is 0 Å². The topological polar surface area (TPSA) is 41.8 Å². The molecule has 1 aromatic carbocycles. The molecule has 2 atom stereocenters. The van der Waals surface area contributed by atoms with Gasteiger partial charge in [0.1, 0.15) is 5.75 Å². The van der Waals surface area contributed by atoms with Gasteiger partial charge in [0.25, 0.3) is 0 Å². The Kier molecular flexibility index (Phi) is 9.83. The van der Waals surface area contributed by atoms with Gasteiger partial charge in [-0.25, -0.2) is 0 Å². The molecular formula is C15H21Cl2NO2Zr. The van der Waals surface area contributed by atoms with Crippen LogP contribution in [0.4, 0.5) is 0 Å². The van der Waals surface area contributed by atoms with Crippen molar-refractivity contribution in [3.8, 4) is 5.75 Å². The Labute approximate surface area is 145 Å². The molecule has 21 heavy (non-hydrogen) atoms. The number of nitrogens with zero attached hydrogens (tertiary/aromatic N) is 1. The number of rotatable bonds is 4. The summed E-state index contributed by atoms with van der Waals surface area (Å²) in [7, 11) is 9.87. The van der Waals surface area contributed by atoms with E-state index in [-0.39, 0.29) is 0 Å². The summed E-state index contributed by atoms with van der Waals surface area (Å²) in [6.45, 7) is 4.70. The molecule has 1 fully saturated rings. The first-order valence-corrected chi connectivity index (χ1v) is 13.3. The first kappa shape index (κ1) is 19.2. The predicted molar refractivity (Wildman–Crippen MR) is 85.2 cm³/mol. The van der Waals surface area contributed by atoms with Crippen molar-refractivity contribution in [2.24, 2.45) is 4.99 Å². The van der Waals surface area contributed by atoms with Gasteiger partial charge in [0.05, 0.1) is 12.1 Å². The molecule has 2 rings (SSSR count). The fourth-order valence-corrected chi connectivity index (χ4v) is 2.41. The molecule has 0 amide bonds. The quantitative estimate of drug-likeness (QED) is 0.747. The summed E-state index contributed by atoms with van der Waals surface area (Å²) in [5, 5.41) is 9.89. The van der Waals surface area contributed by atoms with Crippen molar-refractivity contribution in [3.63, 3.8) is 0 Å². The maximum atomic E-state index is 9.89. The number of ether oxygens (including phenoxy) is 1. The average Bonchev–Trinajstić information content (AvgIpc) is 2.90. The van der Waals surface area contributed by atoms with Gasteiger partial charge < -0.3 is 9.84 Å². The number of phenols is 1. The molecule has 0 radical (unpaired) electrons. The zero-order valence-electron chi connectivity index (χ0n) is 12.4. The van der Waals surface area contributed by atoms with Gasteiger partial charge in [0.15, 0.2) is 0 Å². The number of aliphatic imine (C=N–C) groups is 1. The van der Waals surface area contributed by atoms with E-state index in [1.807, 2.05) is 32.0 Å². The van der Waals surface area contributed by atoms with Crippen molar-refractivity contribution in [2.75, 3.05) is 6.61 Å². The number of hydrogen-bond acceptors (Lipinski definition) is 3. The van der Waals surface area contributed by atoms with E-state index >= 15 is 0 Å². The van der Waals surface area contributed by atoms with Gasteiger partial charge in [-0.05, 0) is 44.7 Å². The van der Waals surface area contributed by atoms with E-state index in [1.54, 1.807) is 6.21 Å². The summed E-state index contributed by atoms with van der Waals surface area (Å²) in [6.07, 6.45) is 5.32. The molecule has 0 aliphatic heterocycles. The number of phenolic OH excluding ortho intramolecular Hbond substituents is 1. The van der Waals surface area contributed by atoms with Gasteiger partial charge in [-0.2, -0.15) is 0 Å². The van der Waals surface area contributed by atoms with E-state index in [0.717, 1.165) is 37.0 Å². The van der Waals surface area contributed by atoms with Gasteiger partial charge in [-0.1, -0.05) is 12.1 Å². The third kappa shape index (κ3) is 6.82. The fraction of sp³-hybridized carbons (Fsp3) is 0.533. The van der Waals surface area contributed by atoms with Crippen molar-refractivity contribution in [3.05, 3.63) is 29.3 Å². The minimum absolute atomic E-state index is 0.334. The normalized spacial score (nSPS) is 21.1. The molecule has 1 aliphatic carbocycles. The SMILES string of the molecule is CCOC1CCC(N=Cc2cccc(C)c2O)C1.[Cl][Zr][Cl]. The molecule has 0 bridgehead atoms. The zero-order chi connectivity index (χ0) is 15.7. The van der Waals surface area contributed by atoms with Gasteiger partial charge in [-0.3, -0.25) is 4.99 Å². The van der Waals surface area contributed by atoms with Crippen LogP contribution >= 0.6 is 17.0 Å². The Hall–Kier alpha value is 0.113. The molecule has 1 N–H and O–H groups in total. The molecule has 0 heterocycles. The van der Waals surface area contributed by atoms with Crippen molar-refractivity contribution >= 4 is 23.2 Å². The molecule has 2 unspecified atom stereocenters. The summed E-state index contributed by atoms with van der Waals surface area (Å²) in [6, 6.07) is 6.06. The first-order chi connectivity index (χ1) is 10.1. The molecule has 1 saturated carbocycles. The van der Waals surface area contributed by atoms with Crippen LogP contribution in [0.2, 0.25) is 0 Å². The molecular weight excluding hydrogens is 388 g/mol. The minimum atomic E-state index is -0.826. The Morgan fingerprint density at radius 1 is 1.43 bits per heavy atom. The van der Waals surface area contributed by atoms with E-state index in [0.29, 0.717) is 17.9 Å². The van der Waals surface area contributed by atoms with Crippen LogP contribution in [0.5, 0.6) is 5.75 Å². The van der Waals surface area contributed by atoms with Crippen LogP contribution in [0.15, 0.2) is 23.2 Å². The number of hydrogen-bond donors (Lipinski definition) is 1. The van der Waals surface area contributed by atoms with Crippen LogP contribution in [0.25, 0.3) is 0 Å². The third-order valence-corrected chi connectivity index (χ3v) is 3.45. The van der Waals surface area contributed by atoms with Crippen molar-refractivity contribution < 1.29 is 30.7 Å². The number of halogens is 2. The van der Waals surface area contributed by atoms with E-state index in [4.69, 9.17) is 21.8 Å². The third-order valence-electron chi connectivity index (χ3n) is 3.45. The van der Waals surface area contributed by atoms with Crippen LogP contribution in [0, 0.1) is 6.92 Å². The summed E-state index contributed by atoms with van der Waals surface area (Å²) >= 11 is -0.826. The maximum absolute atomic E-state index is 9.89. The Morgan fingerprint density at radius 3 is 2.81 bits per heavy atom. The Bertz CT molecular complexity index is 457.